The first-order chi connectivity index (χ1) is 13.7. The van der Waals surface area contributed by atoms with Gasteiger partial charge >= 0.3 is 12.1 Å². The highest BCUT2D eigenvalue weighted by molar-refractivity contribution is 8.77. The second-order valence-corrected chi connectivity index (χ2v) is 11.0. The van der Waals surface area contributed by atoms with Gasteiger partial charge in [-0.1, -0.05) is 84.8 Å². The molecule has 1 aliphatic carbocycles. The van der Waals surface area contributed by atoms with Crippen LogP contribution < -0.4 is 5.32 Å². The van der Waals surface area contributed by atoms with E-state index >= 15 is 0 Å². The lowest BCUT2D eigenvalue weighted by molar-refractivity contribution is -0.138. The third-order valence-electron chi connectivity index (χ3n) is 4.44. The second-order valence-electron chi connectivity index (χ2n) is 7.87. The zero-order chi connectivity index (χ0) is 21.0. The van der Waals surface area contributed by atoms with Crippen molar-refractivity contribution in [2.24, 2.45) is 0 Å². The maximum Gasteiger partial charge on any atom is 0.408 e. The van der Waals surface area contributed by atoms with Gasteiger partial charge in [0.25, 0.3) is 0 Å². The fourth-order valence-electron chi connectivity index (χ4n) is 3.14. The third-order valence-corrected chi connectivity index (χ3v) is 7.79. The van der Waals surface area contributed by atoms with Crippen molar-refractivity contribution in [2.45, 2.75) is 44.6 Å². The number of benzene rings is 2. The van der Waals surface area contributed by atoms with Gasteiger partial charge in [0.05, 0.1) is 0 Å². The van der Waals surface area contributed by atoms with Crippen LogP contribution in [-0.2, 0) is 22.6 Å². The van der Waals surface area contributed by atoms with Gasteiger partial charge < -0.3 is 15.2 Å². The Kier molecular flexibility index (Phi) is 6.80. The summed E-state index contributed by atoms with van der Waals surface area (Å²) in [6.45, 7) is 6.27. The summed E-state index contributed by atoms with van der Waals surface area (Å²) in [7, 11) is 3.01. The number of amides is 1. The summed E-state index contributed by atoms with van der Waals surface area (Å²) in [5, 5.41) is 11.8. The molecule has 29 heavy (non-hydrogen) atoms. The number of alkyl carbamates (subject to hydrolysis) is 1. The molecule has 0 saturated heterocycles. The van der Waals surface area contributed by atoms with Crippen LogP contribution in [0.3, 0.4) is 0 Å². The second kappa shape index (κ2) is 9.13. The molecule has 7 heteroatoms. The minimum absolute atomic E-state index is 0.0134. The molecule has 0 bridgehead atoms. The Labute approximate surface area is 179 Å². The van der Waals surface area contributed by atoms with E-state index in [0.717, 1.165) is 17.5 Å². The van der Waals surface area contributed by atoms with Crippen LogP contribution >= 0.6 is 21.6 Å². The van der Waals surface area contributed by atoms with Gasteiger partial charge in [-0.2, -0.15) is 0 Å². The van der Waals surface area contributed by atoms with Gasteiger partial charge in [0.2, 0.25) is 0 Å². The van der Waals surface area contributed by atoms with E-state index < -0.39 is 18.1 Å². The lowest BCUT2D eigenvalue weighted by atomic mass is 10.0. The molecule has 0 saturated carbocycles. The quantitative estimate of drug-likeness (QED) is 0.506. The number of nitrogens with one attached hydrogen (secondary N) is 1. The largest absolute Gasteiger partial charge is 0.480 e. The number of carbonyl (C=O) groups excluding carboxylic acids is 1. The molecule has 3 rings (SSSR count). The molecular formula is C22H25NO4S2. The summed E-state index contributed by atoms with van der Waals surface area (Å²) < 4.78 is 5.36. The molecule has 0 radical (unpaired) electrons. The Bertz CT molecular complexity index is 908. The molecule has 5 nitrogen and oxygen atoms in total. The van der Waals surface area contributed by atoms with E-state index in [1.165, 1.54) is 27.5 Å². The van der Waals surface area contributed by atoms with Gasteiger partial charge in [-0.25, -0.2) is 9.59 Å². The molecule has 154 valence electrons. The average Bonchev–Trinajstić information content (AvgIpc) is 3.04. The minimum Gasteiger partial charge on any atom is -0.480 e. The molecule has 0 heterocycles. The SMILES string of the molecule is CC(C)(C)SSCC(NC(=O)OCc1cccc2c1Cc1ccccc1-2)C(=O)O. The molecule has 0 aliphatic heterocycles. The van der Waals surface area contributed by atoms with Gasteiger partial charge in [-0.15, -0.1) is 0 Å². The first-order valence-electron chi connectivity index (χ1n) is 9.40. The number of carboxylic acid groups (broad SMARTS) is 1. The number of ether oxygens (including phenoxy) is 1. The third kappa shape index (κ3) is 5.70. The molecular weight excluding hydrogens is 406 g/mol. The predicted octanol–water partition coefficient (Wildman–Crippen LogP) is 5.12. The van der Waals surface area contributed by atoms with Crippen LogP contribution in [0.2, 0.25) is 0 Å². The highest BCUT2D eigenvalue weighted by Crippen LogP contribution is 2.38. The minimum atomic E-state index is -1.07. The molecule has 0 spiro atoms. The highest BCUT2D eigenvalue weighted by Gasteiger charge is 2.24. The molecule has 2 N–H and O–H groups in total. The summed E-state index contributed by atoms with van der Waals surface area (Å²) in [5.74, 6) is -0.803. The van der Waals surface area contributed by atoms with E-state index in [0.29, 0.717) is 0 Å². The summed E-state index contributed by atoms with van der Waals surface area (Å²) >= 11 is 0. The molecule has 0 fully saturated rings. The summed E-state index contributed by atoms with van der Waals surface area (Å²) in [6, 6.07) is 13.2. The van der Waals surface area contributed by atoms with Crippen LogP contribution in [0.1, 0.15) is 37.5 Å². The molecule has 2 aromatic rings. The Morgan fingerprint density at radius 2 is 1.86 bits per heavy atom. The summed E-state index contributed by atoms with van der Waals surface area (Å²) in [5.41, 5.74) is 5.75. The molecule has 2 aromatic carbocycles. The fraction of sp³-hybridized carbons (Fsp3) is 0.364. The Hall–Kier alpha value is -2.12. The zero-order valence-corrected chi connectivity index (χ0v) is 18.4. The smallest absolute Gasteiger partial charge is 0.408 e. The van der Waals surface area contributed by atoms with Crippen LogP contribution in [-0.4, -0.2) is 33.7 Å². The Balaban J connectivity index is 1.58. The van der Waals surface area contributed by atoms with Crippen molar-refractivity contribution in [1.82, 2.24) is 5.32 Å². The van der Waals surface area contributed by atoms with Gasteiger partial charge in [-0.3, -0.25) is 0 Å². The van der Waals surface area contributed by atoms with Gasteiger partial charge in [-0.05, 0) is 34.2 Å². The van der Waals surface area contributed by atoms with Crippen LogP contribution in [0, 0.1) is 0 Å². The molecule has 1 atom stereocenters. The van der Waals surface area contributed by atoms with Crippen molar-refractivity contribution in [3.63, 3.8) is 0 Å². The van der Waals surface area contributed by atoms with E-state index in [1.807, 2.05) is 24.3 Å². The number of carbonyl (C=O) groups is 2. The van der Waals surface area contributed by atoms with Crippen LogP contribution in [0.25, 0.3) is 11.1 Å². The summed E-state index contributed by atoms with van der Waals surface area (Å²) in [6.07, 6.45) is 0.0947. The molecule has 1 unspecified atom stereocenters. The number of hydrogen-bond donors (Lipinski definition) is 2. The van der Waals surface area contributed by atoms with Gasteiger partial charge in [0.1, 0.15) is 12.6 Å². The topological polar surface area (TPSA) is 75.6 Å². The van der Waals surface area contributed by atoms with Crippen molar-refractivity contribution in [3.05, 3.63) is 59.2 Å². The monoisotopic (exact) mass is 431 g/mol. The molecule has 0 aromatic heterocycles. The molecule has 1 aliphatic rings. The number of carboxylic acids is 1. The Morgan fingerprint density at radius 1 is 1.14 bits per heavy atom. The first-order valence-corrected chi connectivity index (χ1v) is 11.7. The zero-order valence-electron chi connectivity index (χ0n) is 16.7. The predicted molar refractivity (Wildman–Crippen MR) is 119 cm³/mol. The lowest BCUT2D eigenvalue weighted by Gasteiger charge is -2.19. The number of aliphatic carboxylic acids is 1. The van der Waals surface area contributed by atoms with Crippen molar-refractivity contribution in [3.8, 4) is 11.1 Å². The van der Waals surface area contributed by atoms with Crippen LogP contribution in [0.15, 0.2) is 42.5 Å². The van der Waals surface area contributed by atoms with Crippen molar-refractivity contribution < 1.29 is 19.4 Å². The van der Waals surface area contributed by atoms with Crippen molar-refractivity contribution in [1.29, 1.82) is 0 Å². The van der Waals surface area contributed by atoms with Crippen molar-refractivity contribution >= 4 is 33.7 Å². The van der Waals surface area contributed by atoms with E-state index in [-0.39, 0.29) is 17.1 Å². The molecule has 1 amide bonds. The van der Waals surface area contributed by atoms with Gasteiger partial charge in [0.15, 0.2) is 0 Å². The number of hydrogen-bond acceptors (Lipinski definition) is 5. The normalized spacial score (nSPS) is 13.3. The fourth-order valence-corrected chi connectivity index (χ4v) is 5.60. The number of fused-ring (bicyclic) bond motifs is 3. The van der Waals surface area contributed by atoms with Crippen molar-refractivity contribution in [2.75, 3.05) is 5.75 Å². The lowest BCUT2D eigenvalue weighted by Crippen LogP contribution is -2.42. The van der Waals surface area contributed by atoms with Crippen LogP contribution in [0.5, 0.6) is 0 Å². The Morgan fingerprint density at radius 3 is 2.59 bits per heavy atom. The van der Waals surface area contributed by atoms with E-state index in [4.69, 9.17) is 4.74 Å². The van der Waals surface area contributed by atoms with E-state index in [2.05, 4.69) is 44.3 Å². The summed E-state index contributed by atoms with van der Waals surface area (Å²) in [4.78, 5) is 23.6. The average molecular weight is 432 g/mol. The maximum absolute atomic E-state index is 12.2. The van der Waals surface area contributed by atoms with E-state index in [1.54, 1.807) is 10.8 Å². The van der Waals surface area contributed by atoms with Crippen LogP contribution in [0.4, 0.5) is 4.79 Å². The van der Waals surface area contributed by atoms with Gasteiger partial charge in [0, 0.05) is 10.5 Å². The van der Waals surface area contributed by atoms with E-state index in [9.17, 15) is 14.7 Å². The first kappa shape index (κ1) is 21.6. The number of rotatable bonds is 7. The standard InChI is InChI=1S/C22H25NO4S2/c1-22(2,3)29-28-13-19(20(24)25)23-21(26)27-12-15-8-6-10-17-16-9-5-4-7-14(16)11-18(15)17/h4-10,19H,11-13H2,1-3H3,(H,23,26)(H,24,25). The highest BCUT2D eigenvalue weighted by atomic mass is 33.1. The maximum atomic E-state index is 12.2.